The Kier molecular flexibility index (Phi) is 5.36. The minimum Gasteiger partial charge on any atom is -0.393 e. The summed E-state index contributed by atoms with van der Waals surface area (Å²) in [5.74, 6) is -0.974. The molecule has 1 aliphatic rings. The molecule has 1 aromatic rings. The molecule has 1 aromatic carbocycles. The molecule has 0 radical (unpaired) electrons. The maximum absolute atomic E-state index is 13.8. The monoisotopic (exact) mass is 308 g/mol. The van der Waals surface area contributed by atoms with E-state index in [-0.39, 0.29) is 6.10 Å². The van der Waals surface area contributed by atoms with Crippen LogP contribution in [0.15, 0.2) is 12.1 Å². The lowest BCUT2D eigenvalue weighted by Gasteiger charge is -2.28. The maximum Gasteiger partial charge on any atom is 0.146 e. The summed E-state index contributed by atoms with van der Waals surface area (Å²) < 4.78 is 27.6. The van der Waals surface area contributed by atoms with Gasteiger partial charge in [0.15, 0.2) is 0 Å². The largest absolute Gasteiger partial charge is 0.393 e. The van der Waals surface area contributed by atoms with Gasteiger partial charge >= 0.3 is 0 Å². The van der Waals surface area contributed by atoms with E-state index >= 15 is 0 Å². The summed E-state index contributed by atoms with van der Waals surface area (Å²) in [4.78, 5) is 1.88. The number of aliphatic hydroxyl groups is 1. The molecule has 3 nitrogen and oxygen atoms in total. The van der Waals surface area contributed by atoms with Gasteiger partial charge in [-0.2, -0.15) is 5.26 Å². The predicted octanol–water partition coefficient (Wildman–Crippen LogP) is 3.46. The molecule has 22 heavy (non-hydrogen) atoms. The highest BCUT2D eigenvalue weighted by Crippen LogP contribution is 2.34. The molecule has 0 aromatic heterocycles. The van der Waals surface area contributed by atoms with Crippen LogP contribution in [0.3, 0.4) is 0 Å². The van der Waals surface area contributed by atoms with E-state index < -0.39 is 17.2 Å². The van der Waals surface area contributed by atoms with Crippen molar-refractivity contribution in [3.63, 3.8) is 0 Å². The Morgan fingerprint density at radius 1 is 1.32 bits per heavy atom. The third kappa shape index (κ3) is 4.17. The van der Waals surface area contributed by atoms with Crippen LogP contribution < -0.4 is 4.90 Å². The lowest BCUT2D eigenvalue weighted by Crippen LogP contribution is -2.31. The van der Waals surface area contributed by atoms with Crippen LogP contribution in [0.25, 0.3) is 0 Å². The summed E-state index contributed by atoms with van der Waals surface area (Å²) in [7, 11) is 0. The topological polar surface area (TPSA) is 47.3 Å². The van der Waals surface area contributed by atoms with E-state index in [1.807, 2.05) is 18.7 Å². The average Bonchev–Trinajstić information content (AvgIpc) is 3.26. The van der Waals surface area contributed by atoms with Crippen LogP contribution in [0.2, 0.25) is 0 Å². The van der Waals surface area contributed by atoms with E-state index in [4.69, 9.17) is 5.26 Å². The van der Waals surface area contributed by atoms with Gasteiger partial charge in [0.05, 0.1) is 6.10 Å². The summed E-state index contributed by atoms with van der Waals surface area (Å²) in [6, 6.07) is 3.94. The highest BCUT2D eigenvalue weighted by molar-refractivity contribution is 5.51. The van der Waals surface area contributed by atoms with Gasteiger partial charge in [-0.1, -0.05) is 13.8 Å². The van der Waals surface area contributed by atoms with Crippen molar-refractivity contribution in [2.45, 2.75) is 39.2 Å². The van der Waals surface area contributed by atoms with Crippen LogP contribution in [0, 0.1) is 34.8 Å². The Labute approximate surface area is 130 Å². The average molecular weight is 308 g/mol. The first-order valence-electron chi connectivity index (χ1n) is 7.74. The first kappa shape index (κ1) is 16.7. The van der Waals surface area contributed by atoms with E-state index in [2.05, 4.69) is 0 Å². The molecule has 1 aliphatic carbocycles. The van der Waals surface area contributed by atoms with E-state index in [1.54, 1.807) is 0 Å². The fourth-order valence-electron chi connectivity index (χ4n) is 2.62. The maximum atomic E-state index is 13.8. The summed E-state index contributed by atoms with van der Waals surface area (Å²) in [6.07, 6.45) is 2.36. The van der Waals surface area contributed by atoms with E-state index in [0.29, 0.717) is 37.0 Å². The molecule has 0 spiro atoms. The van der Waals surface area contributed by atoms with E-state index in [9.17, 15) is 13.9 Å². The van der Waals surface area contributed by atoms with Crippen LogP contribution >= 0.6 is 0 Å². The number of hydrogen-bond donors (Lipinski definition) is 1. The fourth-order valence-corrected chi connectivity index (χ4v) is 2.62. The SMILES string of the molecule is CC(C)CN(CC[C@@H](O)C1CC1)c1cc(F)c(C#N)c(F)c1. The molecule has 0 amide bonds. The summed E-state index contributed by atoms with van der Waals surface area (Å²) >= 11 is 0. The van der Waals surface area contributed by atoms with Crippen molar-refractivity contribution in [1.82, 2.24) is 0 Å². The molecule has 0 aliphatic heterocycles. The second kappa shape index (κ2) is 7.06. The van der Waals surface area contributed by atoms with Gasteiger partial charge in [-0.05, 0) is 43.2 Å². The molecule has 0 heterocycles. The highest BCUT2D eigenvalue weighted by Gasteiger charge is 2.29. The number of rotatable bonds is 7. The third-order valence-corrected chi connectivity index (χ3v) is 3.95. The number of nitrogens with zero attached hydrogens (tertiary/aromatic N) is 2. The molecular weight excluding hydrogens is 286 g/mol. The zero-order valence-electron chi connectivity index (χ0n) is 13.0. The number of halogens is 2. The minimum absolute atomic E-state index is 0.319. The molecule has 0 unspecified atom stereocenters. The summed E-state index contributed by atoms with van der Waals surface area (Å²) in [6.45, 7) is 5.24. The van der Waals surface area contributed by atoms with Gasteiger partial charge in [0.1, 0.15) is 23.3 Å². The lowest BCUT2D eigenvalue weighted by atomic mass is 10.1. The molecule has 120 valence electrons. The molecule has 2 rings (SSSR count). The van der Waals surface area contributed by atoms with Gasteiger partial charge in [0, 0.05) is 18.8 Å². The molecular formula is C17H22F2N2O. The van der Waals surface area contributed by atoms with E-state index in [0.717, 1.165) is 12.8 Å². The zero-order chi connectivity index (χ0) is 16.3. The van der Waals surface area contributed by atoms with Gasteiger partial charge in [-0.3, -0.25) is 0 Å². The normalized spacial score (nSPS) is 15.7. The Hall–Kier alpha value is -1.67. The molecule has 0 saturated heterocycles. The van der Waals surface area contributed by atoms with Gasteiger partial charge in [0.2, 0.25) is 0 Å². The molecule has 0 bridgehead atoms. The quantitative estimate of drug-likeness (QED) is 0.839. The Morgan fingerprint density at radius 2 is 1.91 bits per heavy atom. The van der Waals surface area contributed by atoms with Crippen molar-refractivity contribution >= 4 is 5.69 Å². The second-order valence-corrected chi connectivity index (χ2v) is 6.43. The molecule has 1 N–H and O–H groups in total. The first-order chi connectivity index (χ1) is 10.4. The lowest BCUT2D eigenvalue weighted by molar-refractivity contribution is 0.143. The van der Waals surface area contributed by atoms with Crippen molar-refractivity contribution in [2.24, 2.45) is 11.8 Å². The van der Waals surface area contributed by atoms with Crippen LogP contribution in [0.4, 0.5) is 14.5 Å². The third-order valence-electron chi connectivity index (χ3n) is 3.95. The molecule has 1 saturated carbocycles. The fraction of sp³-hybridized carbons (Fsp3) is 0.588. The molecule has 1 fully saturated rings. The van der Waals surface area contributed by atoms with Crippen molar-refractivity contribution in [1.29, 1.82) is 5.26 Å². The van der Waals surface area contributed by atoms with E-state index in [1.165, 1.54) is 18.2 Å². The molecule has 1 atom stereocenters. The van der Waals surface area contributed by atoms with Crippen LogP contribution in [-0.2, 0) is 0 Å². The van der Waals surface area contributed by atoms with Gasteiger partial charge < -0.3 is 10.0 Å². The van der Waals surface area contributed by atoms with Crippen LogP contribution in [-0.4, -0.2) is 24.3 Å². The summed E-state index contributed by atoms with van der Waals surface area (Å²) in [5, 5.41) is 18.7. The highest BCUT2D eigenvalue weighted by atomic mass is 19.1. The van der Waals surface area contributed by atoms with Crippen molar-refractivity contribution in [2.75, 3.05) is 18.0 Å². The number of hydrogen-bond acceptors (Lipinski definition) is 3. The number of anilines is 1. The van der Waals surface area contributed by atoms with Gasteiger partial charge in [-0.15, -0.1) is 0 Å². The van der Waals surface area contributed by atoms with Gasteiger partial charge in [0.25, 0.3) is 0 Å². The van der Waals surface area contributed by atoms with Crippen molar-refractivity contribution in [3.05, 3.63) is 29.3 Å². The second-order valence-electron chi connectivity index (χ2n) is 6.43. The van der Waals surface area contributed by atoms with Crippen LogP contribution in [0.5, 0.6) is 0 Å². The molecule has 5 heteroatoms. The number of nitriles is 1. The van der Waals surface area contributed by atoms with Crippen molar-refractivity contribution < 1.29 is 13.9 Å². The predicted molar refractivity (Wildman–Crippen MR) is 81.5 cm³/mol. The van der Waals surface area contributed by atoms with Crippen molar-refractivity contribution in [3.8, 4) is 6.07 Å². The standard InChI is InChI=1S/C17H22F2N2O/c1-11(2)10-21(6-5-17(22)12-3-4-12)13-7-15(18)14(9-20)16(19)8-13/h7-8,11-12,17,22H,3-6,10H2,1-2H3/t17-/m1/s1. The Morgan fingerprint density at radius 3 is 2.36 bits per heavy atom. The van der Waals surface area contributed by atoms with Crippen LogP contribution in [0.1, 0.15) is 38.7 Å². The Balaban J connectivity index is 2.15. The Bertz CT molecular complexity index is 541. The number of benzene rings is 1. The number of aliphatic hydroxyl groups excluding tert-OH is 1. The smallest absolute Gasteiger partial charge is 0.146 e. The van der Waals surface area contributed by atoms with Gasteiger partial charge in [-0.25, -0.2) is 8.78 Å². The minimum atomic E-state index is -0.839. The summed E-state index contributed by atoms with van der Waals surface area (Å²) in [5.41, 5.74) is -0.128. The zero-order valence-corrected chi connectivity index (χ0v) is 13.0. The first-order valence-corrected chi connectivity index (χ1v) is 7.74.